The minimum absolute atomic E-state index is 0.00682. The van der Waals surface area contributed by atoms with E-state index in [-0.39, 0.29) is 12.7 Å². The highest BCUT2D eigenvalue weighted by Gasteiger charge is 2.31. The number of likely N-dealkylation sites (N-methyl/N-ethyl adjacent to an activating group) is 1. The van der Waals surface area contributed by atoms with Crippen LogP contribution in [0.2, 0.25) is 0 Å². The maximum Gasteiger partial charge on any atom is 0.266 e. The Morgan fingerprint density at radius 3 is 2.90 bits per heavy atom. The van der Waals surface area contributed by atoms with Crippen molar-refractivity contribution in [1.29, 1.82) is 0 Å². The lowest BCUT2D eigenvalue weighted by Crippen LogP contribution is -2.28. The molecule has 0 radical (unpaired) electrons. The SMILES string of the molecule is CC/N=C1/S/C(=C\c2ccc3c(c2)OCO3)C(=O)N1CC. The molecule has 1 fully saturated rings. The molecule has 0 aliphatic carbocycles. The maximum absolute atomic E-state index is 12.4. The van der Waals surface area contributed by atoms with Crippen molar-refractivity contribution >= 4 is 28.9 Å². The summed E-state index contributed by atoms with van der Waals surface area (Å²) in [6, 6.07) is 5.66. The van der Waals surface area contributed by atoms with Gasteiger partial charge in [0, 0.05) is 13.1 Å². The van der Waals surface area contributed by atoms with Crippen molar-refractivity contribution in [2.24, 2.45) is 4.99 Å². The van der Waals surface area contributed by atoms with Gasteiger partial charge < -0.3 is 9.47 Å². The normalized spacial score (nSPS) is 20.9. The van der Waals surface area contributed by atoms with Crippen molar-refractivity contribution in [3.8, 4) is 11.5 Å². The van der Waals surface area contributed by atoms with E-state index in [9.17, 15) is 4.79 Å². The van der Waals surface area contributed by atoms with Crippen LogP contribution in [0.3, 0.4) is 0 Å². The van der Waals surface area contributed by atoms with Crippen molar-refractivity contribution < 1.29 is 14.3 Å². The molecule has 3 rings (SSSR count). The van der Waals surface area contributed by atoms with Crippen molar-refractivity contribution in [3.05, 3.63) is 28.7 Å². The van der Waals surface area contributed by atoms with E-state index in [4.69, 9.17) is 9.47 Å². The molecule has 0 aromatic heterocycles. The van der Waals surface area contributed by atoms with Gasteiger partial charge in [0.1, 0.15) is 0 Å². The predicted octanol–water partition coefficient (Wildman–Crippen LogP) is 2.73. The van der Waals surface area contributed by atoms with Gasteiger partial charge in [0.15, 0.2) is 16.7 Å². The molecule has 2 heterocycles. The first-order chi connectivity index (χ1) is 10.2. The van der Waals surface area contributed by atoms with Gasteiger partial charge in [0.25, 0.3) is 5.91 Å². The largest absolute Gasteiger partial charge is 0.454 e. The summed E-state index contributed by atoms with van der Waals surface area (Å²) < 4.78 is 10.6. The summed E-state index contributed by atoms with van der Waals surface area (Å²) in [4.78, 5) is 19.1. The van der Waals surface area contributed by atoms with Gasteiger partial charge in [0.2, 0.25) is 6.79 Å². The summed E-state index contributed by atoms with van der Waals surface area (Å²) in [6.07, 6.45) is 1.87. The summed E-state index contributed by atoms with van der Waals surface area (Å²) in [5.74, 6) is 1.47. The molecule has 0 N–H and O–H groups in total. The van der Waals surface area contributed by atoms with Crippen LogP contribution in [-0.4, -0.2) is 35.9 Å². The zero-order valence-corrected chi connectivity index (χ0v) is 12.8. The van der Waals surface area contributed by atoms with Crippen molar-refractivity contribution in [2.75, 3.05) is 19.9 Å². The van der Waals surface area contributed by atoms with Crippen molar-refractivity contribution in [1.82, 2.24) is 4.90 Å². The number of thioether (sulfide) groups is 1. The molecule has 21 heavy (non-hydrogen) atoms. The topological polar surface area (TPSA) is 51.1 Å². The number of ether oxygens (including phenoxy) is 2. The molecule has 0 saturated carbocycles. The Balaban J connectivity index is 1.89. The second kappa shape index (κ2) is 5.81. The van der Waals surface area contributed by atoms with Gasteiger partial charge in [-0.2, -0.15) is 0 Å². The number of aliphatic imine (C=N–C) groups is 1. The lowest BCUT2D eigenvalue weighted by Gasteiger charge is -2.11. The Morgan fingerprint density at radius 1 is 1.33 bits per heavy atom. The number of hydrogen-bond donors (Lipinski definition) is 0. The molecule has 0 atom stereocenters. The first kappa shape index (κ1) is 14.0. The van der Waals surface area contributed by atoms with E-state index in [1.54, 1.807) is 4.90 Å². The number of fused-ring (bicyclic) bond motifs is 1. The highest BCUT2D eigenvalue weighted by Crippen LogP contribution is 2.36. The molecule has 0 spiro atoms. The second-order valence-corrected chi connectivity index (χ2v) is 5.54. The van der Waals surface area contributed by atoms with E-state index in [0.29, 0.717) is 18.0 Å². The molecule has 1 aromatic carbocycles. The van der Waals surface area contributed by atoms with Crippen LogP contribution in [0.1, 0.15) is 19.4 Å². The van der Waals surface area contributed by atoms with E-state index < -0.39 is 0 Å². The zero-order valence-electron chi connectivity index (χ0n) is 12.0. The van der Waals surface area contributed by atoms with Gasteiger partial charge in [-0.15, -0.1) is 0 Å². The predicted molar refractivity (Wildman–Crippen MR) is 83.5 cm³/mol. The van der Waals surface area contributed by atoms with E-state index in [2.05, 4.69) is 4.99 Å². The molecule has 1 amide bonds. The number of carbonyl (C=O) groups excluding carboxylic acids is 1. The fraction of sp³-hybridized carbons (Fsp3) is 0.333. The summed E-state index contributed by atoms with van der Waals surface area (Å²) in [6.45, 7) is 5.46. The fourth-order valence-corrected chi connectivity index (χ4v) is 3.30. The number of benzene rings is 1. The van der Waals surface area contributed by atoms with Gasteiger partial charge in [-0.3, -0.25) is 14.7 Å². The fourth-order valence-electron chi connectivity index (χ4n) is 2.19. The first-order valence-corrected chi connectivity index (χ1v) is 7.70. The van der Waals surface area contributed by atoms with E-state index in [1.807, 2.05) is 38.1 Å². The van der Waals surface area contributed by atoms with Gasteiger partial charge >= 0.3 is 0 Å². The van der Waals surface area contributed by atoms with Crippen LogP contribution in [0, 0.1) is 0 Å². The van der Waals surface area contributed by atoms with Crippen LogP contribution in [0.5, 0.6) is 11.5 Å². The minimum atomic E-state index is 0.00682. The Morgan fingerprint density at radius 2 is 2.14 bits per heavy atom. The molecule has 6 heteroatoms. The van der Waals surface area contributed by atoms with Crippen LogP contribution in [-0.2, 0) is 4.79 Å². The van der Waals surface area contributed by atoms with Crippen LogP contribution < -0.4 is 9.47 Å². The quantitative estimate of drug-likeness (QED) is 0.806. The Kier molecular flexibility index (Phi) is 3.88. The molecule has 110 valence electrons. The highest BCUT2D eigenvalue weighted by molar-refractivity contribution is 8.18. The number of amides is 1. The third-order valence-electron chi connectivity index (χ3n) is 3.19. The van der Waals surface area contributed by atoms with Crippen molar-refractivity contribution in [2.45, 2.75) is 13.8 Å². The van der Waals surface area contributed by atoms with Crippen molar-refractivity contribution in [3.63, 3.8) is 0 Å². The molecule has 0 bridgehead atoms. The molecule has 2 aliphatic rings. The molecule has 2 aliphatic heterocycles. The summed E-state index contributed by atoms with van der Waals surface area (Å²) in [5, 5.41) is 0.775. The summed E-state index contributed by atoms with van der Waals surface area (Å²) in [5.41, 5.74) is 0.920. The Bertz CT molecular complexity index is 640. The third-order valence-corrected chi connectivity index (χ3v) is 4.24. The van der Waals surface area contributed by atoms with Gasteiger partial charge in [-0.05, 0) is 49.4 Å². The molecular formula is C15H16N2O3S. The highest BCUT2D eigenvalue weighted by atomic mass is 32.2. The average Bonchev–Trinajstić information content (AvgIpc) is 3.05. The van der Waals surface area contributed by atoms with E-state index in [0.717, 1.165) is 22.2 Å². The number of amidine groups is 1. The van der Waals surface area contributed by atoms with Crippen LogP contribution >= 0.6 is 11.8 Å². The second-order valence-electron chi connectivity index (χ2n) is 4.53. The first-order valence-electron chi connectivity index (χ1n) is 6.88. The standard InChI is InChI=1S/C15H16N2O3S/c1-3-16-15-17(4-2)14(18)13(21-15)8-10-5-6-11-12(7-10)20-9-19-11/h5-8H,3-4,9H2,1-2H3/b13-8-,16-15+. The molecule has 0 unspecified atom stereocenters. The van der Waals surface area contributed by atoms with Gasteiger partial charge in [-0.1, -0.05) is 6.07 Å². The van der Waals surface area contributed by atoms with Crippen LogP contribution in [0.15, 0.2) is 28.1 Å². The lowest BCUT2D eigenvalue weighted by atomic mass is 10.2. The smallest absolute Gasteiger partial charge is 0.266 e. The summed E-state index contributed by atoms with van der Waals surface area (Å²) in [7, 11) is 0. The zero-order chi connectivity index (χ0) is 14.8. The number of rotatable bonds is 3. The van der Waals surface area contributed by atoms with E-state index in [1.165, 1.54) is 11.8 Å². The Labute approximate surface area is 127 Å². The number of nitrogens with zero attached hydrogens (tertiary/aromatic N) is 2. The maximum atomic E-state index is 12.4. The Hall–Kier alpha value is -1.95. The third kappa shape index (κ3) is 2.63. The lowest BCUT2D eigenvalue weighted by molar-refractivity contribution is -0.122. The summed E-state index contributed by atoms with van der Waals surface area (Å²) >= 11 is 1.42. The van der Waals surface area contributed by atoms with Gasteiger partial charge in [-0.25, -0.2) is 0 Å². The van der Waals surface area contributed by atoms with Crippen LogP contribution in [0.4, 0.5) is 0 Å². The van der Waals surface area contributed by atoms with E-state index >= 15 is 0 Å². The average molecular weight is 304 g/mol. The van der Waals surface area contributed by atoms with Gasteiger partial charge in [0.05, 0.1) is 4.91 Å². The van der Waals surface area contributed by atoms with Crippen LogP contribution in [0.25, 0.3) is 6.08 Å². The molecular weight excluding hydrogens is 288 g/mol. The monoisotopic (exact) mass is 304 g/mol. The molecule has 5 nitrogen and oxygen atoms in total. The molecule has 1 aromatic rings. The number of hydrogen-bond acceptors (Lipinski definition) is 5. The number of carbonyl (C=O) groups is 1. The minimum Gasteiger partial charge on any atom is -0.454 e. The molecule has 1 saturated heterocycles.